The summed E-state index contributed by atoms with van der Waals surface area (Å²) in [5.41, 5.74) is 4.02. The van der Waals surface area contributed by atoms with E-state index in [9.17, 15) is 0 Å². The first kappa shape index (κ1) is 14.5. The monoisotopic (exact) mass is 269 g/mol. The molecular weight excluding hydrogens is 246 g/mol. The van der Waals surface area contributed by atoms with Crippen molar-refractivity contribution >= 4 is 5.82 Å². The highest BCUT2D eigenvalue weighted by Crippen LogP contribution is 2.13. The number of nitrogens with one attached hydrogen (secondary N) is 1. The summed E-state index contributed by atoms with van der Waals surface area (Å²) in [5.74, 6) is 0.953. The van der Waals surface area contributed by atoms with Crippen LogP contribution >= 0.6 is 0 Å². The lowest BCUT2D eigenvalue weighted by Gasteiger charge is -2.18. The summed E-state index contributed by atoms with van der Waals surface area (Å²) in [6, 6.07) is 12.8. The average molecular weight is 269 g/mol. The predicted octanol–water partition coefficient (Wildman–Crippen LogP) is 3.45. The van der Waals surface area contributed by atoms with Crippen molar-refractivity contribution in [1.82, 2.24) is 9.88 Å². The first-order valence-electron chi connectivity index (χ1n) is 7.11. The fraction of sp³-hybridized carbons (Fsp3) is 0.353. The van der Waals surface area contributed by atoms with Gasteiger partial charge in [-0.15, -0.1) is 0 Å². The van der Waals surface area contributed by atoms with Crippen molar-refractivity contribution < 1.29 is 0 Å². The van der Waals surface area contributed by atoms with Crippen LogP contribution in [0.4, 0.5) is 5.82 Å². The van der Waals surface area contributed by atoms with Crippen molar-refractivity contribution in [3.8, 4) is 0 Å². The zero-order valence-corrected chi connectivity index (χ0v) is 12.6. The normalized spacial score (nSPS) is 10.8. The molecule has 2 rings (SSSR count). The Morgan fingerprint density at radius 1 is 1.15 bits per heavy atom. The highest BCUT2D eigenvalue weighted by atomic mass is 15.1. The van der Waals surface area contributed by atoms with Gasteiger partial charge in [0.25, 0.3) is 0 Å². The van der Waals surface area contributed by atoms with Crippen LogP contribution in [-0.2, 0) is 13.1 Å². The van der Waals surface area contributed by atoms with Crippen LogP contribution in [0.15, 0.2) is 42.6 Å². The van der Waals surface area contributed by atoms with E-state index in [4.69, 9.17) is 0 Å². The van der Waals surface area contributed by atoms with Gasteiger partial charge in [0.2, 0.25) is 0 Å². The van der Waals surface area contributed by atoms with E-state index in [1.807, 2.05) is 6.20 Å². The molecule has 0 saturated heterocycles. The van der Waals surface area contributed by atoms with Gasteiger partial charge in [0.1, 0.15) is 5.82 Å². The van der Waals surface area contributed by atoms with Gasteiger partial charge in [0.15, 0.2) is 0 Å². The number of rotatable bonds is 6. The van der Waals surface area contributed by atoms with Gasteiger partial charge in [-0.2, -0.15) is 0 Å². The molecule has 0 fully saturated rings. The zero-order valence-electron chi connectivity index (χ0n) is 12.6. The van der Waals surface area contributed by atoms with Crippen molar-refractivity contribution in [2.24, 2.45) is 0 Å². The van der Waals surface area contributed by atoms with E-state index in [1.165, 1.54) is 16.7 Å². The van der Waals surface area contributed by atoms with Gasteiger partial charge in [-0.25, -0.2) is 4.98 Å². The van der Waals surface area contributed by atoms with Crippen LogP contribution in [0.1, 0.15) is 23.6 Å². The van der Waals surface area contributed by atoms with Gasteiger partial charge >= 0.3 is 0 Å². The van der Waals surface area contributed by atoms with Gasteiger partial charge in [-0.1, -0.05) is 24.3 Å². The number of aromatic nitrogens is 1. The molecule has 20 heavy (non-hydrogen) atoms. The first-order chi connectivity index (χ1) is 9.69. The summed E-state index contributed by atoms with van der Waals surface area (Å²) in [6.07, 6.45) is 1.87. The average Bonchev–Trinajstić information content (AvgIpc) is 2.42. The van der Waals surface area contributed by atoms with E-state index in [-0.39, 0.29) is 0 Å². The molecule has 3 nitrogen and oxygen atoms in total. The molecule has 2 aromatic rings. The van der Waals surface area contributed by atoms with Gasteiger partial charge < -0.3 is 5.32 Å². The maximum absolute atomic E-state index is 4.30. The molecule has 1 heterocycles. The zero-order chi connectivity index (χ0) is 14.4. The lowest BCUT2D eigenvalue weighted by Crippen LogP contribution is -2.18. The summed E-state index contributed by atoms with van der Waals surface area (Å²) in [4.78, 5) is 6.63. The number of pyridine rings is 1. The fourth-order valence-electron chi connectivity index (χ4n) is 2.30. The summed E-state index contributed by atoms with van der Waals surface area (Å²) < 4.78 is 0. The number of aryl methyl sites for hydroxylation is 1. The van der Waals surface area contributed by atoms with E-state index in [2.05, 4.69) is 72.5 Å². The third kappa shape index (κ3) is 4.07. The molecule has 0 radical (unpaired) electrons. The Kier molecular flexibility index (Phi) is 5.13. The number of hydrogen-bond acceptors (Lipinski definition) is 3. The van der Waals surface area contributed by atoms with E-state index >= 15 is 0 Å². The van der Waals surface area contributed by atoms with Crippen LogP contribution in [0, 0.1) is 6.92 Å². The Bertz CT molecular complexity index is 551. The number of benzene rings is 1. The van der Waals surface area contributed by atoms with Crippen molar-refractivity contribution in [3.05, 3.63) is 59.3 Å². The molecule has 0 unspecified atom stereocenters. The van der Waals surface area contributed by atoms with Gasteiger partial charge in [0.05, 0.1) is 0 Å². The Balaban J connectivity index is 1.99. The van der Waals surface area contributed by atoms with Gasteiger partial charge in [-0.05, 0) is 49.7 Å². The number of nitrogens with zero attached hydrogens (tertiary/aromatic N) is 2. The van der Waals surface area contributed by atoms with Crippen LogP contribution in [0.3, 0.4) is 0 Å². The SMILES string of the molecule is CCNc1cc(CN(C)Cc2ccccc2C)ccn1. The lowest BCUT2D eigenvalue weighted by atomic mass is 10.1. The molecule has 0 saturated carbocycles. The molecule has 1 N–H and O–H groups in total. The number of anilines is 1. The van der Waals surface area contributed by atoms with Crippen LogP contribution < -0.4 is 5.32 Å². The molecule has 1 aromatic heterocycles. The molecule has 1 aromatic carbocycles. The Labute approximate surface area is 121 Å². The Morgan fingerprint density at radius 2 is 1.95 bits per heavy atom. The Morgan fingerprint density at radius 3 is 2.70 bits per heavy atom. The van der Waals surface area contributed by atoms with Crippen molar-refractivity contribution in [2.75, 3.05) is 18.9 Å². The second-order valence-electron chi connectivity index (χ2n) is 5.18. The minimum absolute atomic E-state index is 0.898. The summed E-state index contributed by atoms with van der Waals surface area (Å²) >= 11 is 0. The number of hydrogen-bond donors (Lipinski definition) is 1. The van der Waals surface area contributed by atoms with Crippen molar-refractivity contribution in [3.63, 3.8) is 0 Å². The van der Waals surface area contributed by atoms with E-state index in [0.717, 1.165) is 25.5 Å². The quantitative estimate of drug-likeness (QED) is 0.870. The third-order valence-electron chi connectivity index (χ3n) is 3.34. The fourth-order valence-corrected chi connectivity index (χ4v) is 2.30. The Hall–Kier alpha value is -1.87. The second-order valence-corrected chi connectivity index (χ2v) is 5.18. The molecule has 3 heteroatoms. The molecule has 0 spiro atoms. The molecule has 106 valence electrons. The predicted molar refractivity (Wildman–Crippen MR) is 84.8 cm³/mol. The maximum Gasteiger partial charge on any atom is 0.126 e. The van der Waals surface area contributed by atoms with Gasteiger partial charge in [-0.3, -0.25) is 4.90 Å². The smallest absolute Gasteiger partial charge is 0.126 e. The summed E-state index contributed by atoms with van der Waals surface area (Å²) in [5, 5.41) is 3.25. The minimum atomic E-state index is 0.898. The van der Waals surface area contributed by atoms with Crippen LogP contribution in [0.2, 0.25) is 0 Å². The van der Waals surface area contributed by atoms with E-state index in [0.29, 0.717) is 0 Å². The van der Waals surface area contributed by atoms with Crippen molar-refractivity contribution in [1.29, 1.82) is 0 Å². The minimum Gasteiger partial charge on any atom is -0.370 e. The van der Waals surface area contributed by atoms with Crippen LogP contribution in [0.25, 0.3) is 0 Å². The van der Waals surface area contributed by atoms with Gasteiger partial charge in [0, 0.05) is 25.8 Å². The van der Waals surface area contributed by atoms with E-state index < -0.39 is 0 Å². The topological polar surface area (TPSA) is 28.2 Å². The summed E-state index contributed by atoms with van der Waals surface area (Å²) in [7, 11) is 2.15. The summed E-state index contributed by atoms with van der Waals surface area (Å²) in [6.45, 7) is 7.04. The molecule has 0 aliphatic heterocycles. The van der Waals surface area contributed by atoms with Crippen LogP contribution in [0.5, 0.6) is 0 Å². The highest BCUT2D eigenvalue weighted by Gasteiger charge is 2.04. The van der Waals surface area contributed by atoms with E-state index in [1.54, 1.807) is 0 Å². The lowest BCUT2D eigenvalue weighted by molar-refractivity contribution is 0.318. The van der Waals surface area contributed by atoms with Crippen LogP contribution in [-0.4, -0.2) is 23.5 Å². The maximum atomic E-state index is 4.30. The molecule has 0 atom stereocenters. The molecule has 0 aliphatic rings. The molecular formula is C17H23N3. The first-order valence-corrected chi connectivity index (χ1v) is 7.11. The highest BCUT2D eigenvalue weighted by molar-refractivity contribution is 5.37. The largest absolute Gasteiger partial charge is 0.370 e. The molecule has 0 amide bonds. The van der Waals surface area contributed by atoms with Crippen molar-refractivity contribution in [2.45, 2.75) is 26.9 Å². The molecule has 0 aliphatic carbocycles. The third-order valence-corrected chi connectivity index (χ3v) is 3.34. The second kappa shape index (κ2) is 7.06. The standard InChI is InChI=1S/C17H23N3/c1-4-18-17-11-15(9-10-19-17)12-20(3)13-16-8-6-5-7-14(16)2/h5-11H,4,12-13H2,1-3H3,(H,18,19). The molecule has 0 bridgehead atoms.